The molecule has 0 bridgehead atoms. The quantitative estimate of drug-likeness (QED) is 0.920. The summed E-state index contributed by atoms with van der Waals surface area (Å²) in [6.45, 7) is 8.77. The first-order valence-corrected chi connectivity index (χ1v) is 6.84. The molecule has 0 aromatic carbocycles. The van der Waals surface area contributed by atoms with Crippen LogP contribution < -0.4 is 5.73 Å². The number of aromatic nitrogens is 4. The Morgan fingerprint density at radius 3 is 2.05 bits per heavy atom. The van der Waals surface area contributed by atoms with E-state index >= 15 is 0 Å². The maximum atomic E-state index is 5.69. The highest BCUT2D eigenvalue weighted by molar-refractivity contribution is 5.45. The smallest absolute Gasteiger partial charge is 0.198 e. The van der Waals surface area contributed by atoms with Gasteiger partial charge in [-0.15, -0.1) is 0 Å². The summed E-state index contributed by atoms with van der Waals surface area (Å²) in [6, 6.07) is 0. The molecule has 20 heavy (non-hydrogen) atoms. The van der Waals surface area contributed by atoms with E-state index < -0.39 is 0 Å². The van der Waals surface area contributed by atoms with Gasteiger partial charge in [-0.1, -0.05) is 6.92 Å². The summed E-state index contributed by atoms with van der Waals surface area (Å²) in [6.07, 6.45) is 4.46. The molecule has 0 amide bonds. The van der Waals surface area contributed by atoms with Crippen LogP contribution in [0, 0.1) is 26.7 Å². The van der Waals surface area contributed by atoms with E-state index in [2.05, 4.69) is 26.9 Å². The molecule has 0 radical (unpaired) electrons. The maximum Gasteiger partial charge on any atom is 0.198 e. The predicted molar refractivity (Wildman–Crippen MR) is 79.2 cm³/mol. The lowest BCUT2D eigenvalue weighted by atomic mass is 9.99. The minimum Gasteiger partial charge on any atom is -0.330 e. The molecule has 0 aliphatic carbocycles. The molecule has 1 unspecified atom stereocenters. The van der Waals surface area contributed by atoms with Gasteiger partial charge in [0.05, 0.1) is 0 Å². The molecule has 0 fully saturated rings. The Balaban J connectivity index is 2.37. The summed E-state index contributed by atoms with van der Waals surface area (Å²) in [5.41, 5.74) is 9.86. The number of hydrogen-bond acceptors (Lipinski definition) is 5. The molecule has 0 saturated heterocycles. The van der Waals surface area contributed by atoms with Crippen molar-refractivity contribution in [2.45, 2.75) is 34.1 Å². The fourth-order valence-electron chi connectivity index (χ4n) is 2.07. The van der Waals surface area contributed by atoms with Crippen LogP contribution in [0.4, 0.5) is 0 Å². The largest absolute Gasteiger partial charge is 0.330 e. The normalized spacial score (nSPS) is 12.4. The Kier molecular flexibility index (Phi) is 4.39. The monoisotopic (exact) mass is 271 g/mol. The average molecular weight is 271 g/mol. The van der Waals surface area contributed by atoms with E-state index in [0.29, 0.717) is 24.1 Å². The highest BCUT2D eigenvalue weighted by Gasteiger charge is 2.13. The summed E-state index contributed by atoms with van der Waals surface area (Å²) < 4.78 is 0. The number of nitrogens with two attached hydrogens (primary N) is 1. The second-order valence-corrected chi connectivity index (χ2v) is 5.33. The summed E-state index contributed by atoms with van der Waals surface area (Å²) >= 11 is 0. The molecule has 1 atom stereocenters. The van der Waals surface area contributed by atoms with Crippen molar-refractivity contribution in [3.05, 3.63) is 34.9 Å². The van der Waals surface area contributed by atoms with Gasteiger partial charge in [-0.25, -0.2) is 19.9 Å². The lowest BCUT2D eigenvalue weighted by Crippen LogP contribution is -2.15. The number of nitrogens with zero attached hydrogens (tertiary/aromatic N) is 4. The topological polar surface area (TPSA) is 77.6 Å². The SMILES string of the molecule is Cc1cnc(-c2nc(C)c(CC(C)CN)c(C)n2)nc1. The van der Waals surface area contributed by atoms with E-state index in [4.69, 9.17) is 5.73 Å². The van der Waals surface area contributed by atoms with Crippen molar-refractivity contribution in [3.63, 3.8) is 0 Å². The summed E-state index contributed by atoms with van der Waals surface area (Å²) in [5.74, 6) is 1.59. The van der Waals surface area contributed by atoms with E-state index in [1.54, 1.807) is 12.4 Å². The van der Waals surface area contributed by atoms with Gasteiger partial charge in [-0.05, 0) is 50.8 Å². The van der Waals surface area contributed by atoms with Gasteiger partial charge in [0.1, 0.15) is 0 Å². The predicted octanol–water partition coefficient (Wildman–Crippen LogP) is 2.00. The van der Waals surface area contributed by atoms with Crippen molar-refractivity contribution in [3.8, 4) is 11.6 Å². The molecular weight excluding hydrogens is 250 g/mol. The Hall–Kier alpha value is -1.88. The van der Waals surface area contributed by atoms with Crippen LogP contribution in [0.5, 0.6) is 0 Å². The Morgan fingerprint density at radius 1 is 1.00 bits per heavy atom. The van der Waals surface area contributed by atoms with Crippen molar-refractivity contribution < 1.29 is 0 Å². The molecular formula is C15H21N5. The fraction of sp³-hybridized carbons (Fsp3) is 0.467. The zero-order valence-corrected chi connectivity index (χ0v) is 12.5. The van der Waals surface area contributed by atoms with Gasteiger partial charge in [0.25, 0.3) is 0 Å². The number of rotatable bonds is 4. The minimum atomic E-state index is 0.428. The summed E-state index contributed by atoms with van der Waals surface area (Å²) in [7, 11) is 0. The lowest BCUT2D eigenvalue weighted by molar-refractivity contribution is 0.586. The Morgan fingerprint density at radius 2 is 1.55 bits per heavy atom. The molecule has 0 aliphatic rings. The molecule has 2 N–H and O–H groups in total. The molecule has 0 spiro atoms. The molecule has 2 aromatic rings. The molecule has 2 aromatic heterocycles. The van der Waals surface area contributed by atoms with Gasteiger partial charge in [0.2, 0.25) is 0 Å². The first-order valence-electron chi connectivity index (χ1n) is 6.84. The third-order valence-electron chi connectivity index (χ3n) is 3.36. The number of aryl methyl sites for hydroxylation is 3. The van der Waals surface area contributed by atoms with Gasteiger partial charge >= 0.3 is 0 Å². The van der Waals surface area contributed by atoms with Crippen LogP contribution in [-0.4, -0.2) is 26.5 Å². The molecule has 0 aliphatic heterocycles. The average Bonchev–Trinajstić information content (AvgIpc) is 2.43. The second kappa shape index (κ2) is 6.05. The van der Waals surface area contributed by atoms with Gasteiger partial charge in [-0.3, -0.25) is 0 Å². The zero-order valence-electron chi connectivity index (χ0n) is 12.5. The maximum absolute atomic E-state index is 5.69. The first-order chi connectivity index (χ1) is 9.51. The van der Waals surface area contributed by atoms with Crippen LogP contribution in [0.2, 0.25) is 0 Å². The van der Waals surface area contributed by atoms with Crippen LogP contribution in [0.3, 0.4) is 0 Å². The molecule has 106 valence electrons. The van der Waals surface area contributed by atoms with Crippen LogP contribution in [0.1, 0.15) is 29.4 Å². The van der Waals surface area contributed by atoms with E-state index in [1.807, 2.05) is 20.8 Å². The number of hydrogen-bond donors (Lipinski definition) is 1. The summed E-state index contributed by atoms with van der Waals surface area (Å²) in [5, 5.41) is 0. The molecule has 0 saturated carbocycles. The Bertz CT molecular complexity index is 569. The minimum absolute atomic E-state index is 0.428. The van der Waals surface area contributed by atoms with Gasteiger partial charge in [-0.2, -0.15) is 0 Å². The van der Waals surface area contributed by atoms with Crippen LogP contribution >= 0.6 is 0 Å². The van der Waals surface area contributed by atoms with E-state index in [9.17, 15) is 0 Å². The van der Waals surface area contributed by atoms with Crippen molar-refractivity contribution in [2.24, 2.45) is 11.7 Å². The molecule has 2 rings (SSSR count). The van der Waals surface area contributed by atoms with Gasteiger partial charge in [0.15, 0.2) is 11.6 Å². The highest BCUT2D eigenvalue weighted by Crippen LogP contribution is 2.18. The van der Waals surface area contributed by atoms with Crippen molar-refractivity contribution in [2.75, 3.05) is 6.54 Å². The van der Waals surface area contributed by atoms with Gasteiger partial charge in [0, 0.05) is 23.8 Å². The van der Waals surface area contributed by atoms with Crippen LogP contribution in [0.25, 0.3) is 11.6 Å². The van der Waals surface area contributed by atoms with E-state index in [0.717, 1.165) is 23.4 Å². The van der Waals surface area contributed by atoms with Crippen molar-refractivity contribution in [1.29, 1.82) is 0 Å². The van der Waals surface area contributed by atoms with Crippen molar-refractivity contribution >= 4 is 0 Å². The lowest BCUT2D eigenvalue weighted by Gasteiger charge is -2.13. The molecule has 5 nitrogen and oxygen atoms in total. The summed E-state index contributed by atoms with van der Waals surface area (Å²) in [4.78, 5) is 17.7. The van der Waals surface area contributed by atoms with Crippen molar-refractivity contribution in [1.82, 2.24) is 19.9 Å². The van der Waals surface area contributed by atoms with E-state index in [1.165, 1.54) is 5.56 Å². The van der Waals surface area contributed by atoms with Crippen LogP contribution in [-0.2, 0) is 6.42 Å². The third-order valence-corrected chi connectivity index (χ3v) is 3.36. The standard InChI is InChI=1S/C15H21N5/c1-9(6-16)5-13-11(3)19-15(20-12(13)4)14-17-7-10(2)8-18-14/h7-9H,5-6,16H2,1-4H3. The molecule has 2 heterocycles. The molecule has 5 heteroatoms. The first kappa shape index (κ1) is 14.5. The Labute approximate surface area is 119 Å². The third kappa shape index (κ3) is 3.17. The highest BCUT2D eigenvalue weighted by atomic mass is 15.0. The van der Waals surface area contributed by atoms with Crippen LogP contribution in [0.15, 0.2) is 12.4 Å². The fourth-order valence-corrected chi connectivity index (χ4v) is 2.07. The second-order valence-electron chi connectivity index (χ2n) is 5.33. The van der Waals surface area contributed by atoms with E-state index in [-0.39, 0.29) is 0 Å². The zero-order chi connectivity index (χ0) is 14.7. The van der Waals surface area contributed by atoms with Gasteiger partial charge < -0.3 is 5.73 Å².